The average molecular weight is 194 g/mol. The lowest BCUT2D eigenvalue weighted by Gasteiger charge is -2.17. The van der Waals surface area contributed by atoms with Gasteiger partial charge < -0.3 is 9.53 Å². The number of ether oxygens (including phenoxy) is 1. The van der Waals surface area contributed by atoms with Crippen molar-refractivity contribution >= 4 is 6.29 Å². The predicted octanol–water partition coefficient (Wildman–Crippen LogP) is 2.85. The number of aldehydes is 1. The molecule has 1 rings (SSSR count). The van der Waals surface area contributed by atoms with Crippen molar-refractivity contribution in [1.82, 2.24) is 0 Å². The Hall–Kier alpha value is -1.05. The monoisotopic (exact) mass is 194 g/mol. The molecule has 0 aliphatic heterocycles. The second-order valence-corrected chi connectivity index (χ2v) is 3.60. The zero-order valence-electron chi connectivity index (χ0n) is 8.95. The van der Waals surface area contributed by atoms with Gasteiger partial charge in [0.1, 0.15) is 12.0 Å². The van der Waals surface area contributed by atoms with Crippen LogP contribution in [-0.2, 0) is 9.53 Å². The number of unbranched alkanes of at least 4 members (excludes halogenated alkanes) is 1. The normalized spacial score (nSPS) is 21.1. The summed E-state index contributed by atoms with van der Waals surface area (Å²) in [7, 11) is 1.67. The van der Waals surface area contributed by atoms with Gasteiger partial charge in [0.05, 0.1) is 7.11 Å². The first-order valence-electron chi connectivity index (χ1n) is 5.22. The van der Waals surface area contributed by atoms with Crippen molar-refractivity contribution in [3.63, 3.8) is 0 Å². The Morgan fingerprint density at radius 1 is 1.64 bits per heavy atom. The van der Waals surface area contributed by atoms with Gasteiger partial charge in [-0.1, -0.05) is 19.4 Å². The third-order valence-corrected chi connectivity index (χ3v) is 2.51. The fraction of sp³-hybridized carbons (Fsp3) is 0.583. The fourth-order valence-electron chi connectivity index (χ4n) is 1.63. The van der Waals surface area contributed by atoms with E-state index in [1.54, 1.807) is 7.11 Å². The van der Waals surface area contributed by atoms with Gasteiger partial charge in [-0.2, -0.15) is 0 Å². The number of methoxy groups -OCH3 is 1. The molecule has 0 saturated carbocycles. The van der Waals surface area contributed by atoms with Gasteiger partial charge in [0, 0.05) is 5.92 Å². The van der Waals surface area contributed by atoms with E-state index in [0.29, 0.717) is 0 Å². The van der Waals surface area contributed by atoms with Gasteiger partial charge in [-0.15, -0.1) is 0 Å². The summed E-state index contributed by atoms with van der Waals surface area (Å²) in [5.41, 5.74) is 1.26. The zero-order chi connectivity index (χ0) is 10.4. The number of hydrogen-bond donors (Lipinski definition) is 0. The first-order valence-corrected chi connectivity index (χ1v) is 5.22. The average Bonchev–Trinajstić information content (AvgIpc) is 2.26. The first-order chi connectivity index (χ1) is 6.81. The van der Waals surface area contributed by atoms with Gasteiger partial charge in [-0.3, -0.25) is 0 Å². The minimum absolute atomic E-state index is 0.00956. The van der Waals surface area contributed by atoms with E-state index in [-0.39, 0.29) is 5.92 Å². The molecule has 0 aromatic carbocycles. The molecule has 1 aliphatic carbocycles. The van der Waals surface area contributed by atoms with Crippen molar-refractivity contribution in [3.8, 4) is 0 Å². The molecule has 0 aromatic heterocycles. The van der Waals surface area contributed by atoms with E-state index in [4.69, 9.17) is 4.74 Å². The van der Waals surface area contributed by atoms with Crippen molar-refractivity contribution in [2.24, 2.45) is 5.92 Å². The second kappa shape index (κ2) is 5.63. The maximum absolute atomic E-state index is 10.6. The summed E-state index contributed by atoms with van der Waals surface area (Å²) in [5.74, 6) is 0.900. The zero-order valence-corrected chi connectivity index (χ0v) is 8.95. The van der Waals surface area contributed by atoms with Gasteiger partial charge in [-0.25, -0.2) is 0 Å². The van der Waals surface area contributed by atoms with Crippen LogP contribution in [-0.4, -0.2) is 13.4 Å². The molecule has 1 unspecified atom stereocenters. The van der Waals surface area contributed by atoms with Crippen molar-refractivity contribution < 1.29 is 9.53 Å². The highest BCUT2D eigenvalue weighted by atomic mass is 16.5. The molecule has 78 valence electrons. The molecular formula is C12H18O2. The maximum Gasteiger partial charge on any atom is 0.127 e. The topological polar surface area (TPSA) is 26.3 Å². The van der Waals surface area contributed by atoms with Crippen LogP contribution in [0.2, 0.25) is 0 Å². The SMILES string of the molecule is CCCCC1=CCC(C=O)C=C1OC. The Bertz CT molecular complexity index is 251. The molecule has 14 heavy (non-hydrogen) atoms. The quantitative estimate of drug-likeness (QED) is 0.629. The summed E-state index contributed by atoms with van der Waals surface area (Å²) >= 11 is 0. The Labute approximate surface area is 85.6 Å². The third-order valence-electron chi connectivity index (χ3n) is 2.51. The lowest BCUT2D eigenvalue weighted by atomic mass is 9.93. The molecule has 2 heteroatoms. The van der Waals surface area contributed by atoms with E-state index in [1.165, 1.54) is 18.4 Å². The minimum atomic E-state index is 0.00956. The Balaban J connectivity index is 2.63. The Morgan fingerprint density at radius 3 is 3.00 bits per heavy atom. The number of rotatable bonds is 5. The van der Waals surface area contributed by atoms with E-state index in [1.807, 2.05) is 6.08 Å². The summed E-state index contributed by atoms with van der Waals surface area (Å²) < 4.78 is 5.27. The maximum atomic E-state index is 10.6. The molecule has 0 amide bonds. The van der Waals surface area contributed by atoms with Crippen LogP contribution >= 0.6 is 0 Å². The molecule has 0 N–H and O–H groups in total. The highest BCUT2D eigenvalue weighted by Crippen LogP contribution is 2.26. The van der Waals surface area contributed by atoms with Crippen molar-refractivity contribution in [2.45, 2.75) is 32.6 Å². The van der Waals surface area contributed by atoms with Gasteiger partial charge in [0.25, 0.3) is 0 Å². The van der Waals surface area contributed by atoms with E-state index < -0.39 is 0 Å². The predicted molar refractivity (Wildman–Crippen MR) is 56.9 cm³/mol. The molecule has 0 heterocycles. The van der Waals surface area contributed by atoms with E-state index >= 15 is 0 Å². The highest BCUT2D eigenvalue weighted by molar-refractivity contribution is 5.59. The summed E-state index contributed by atoms with van der Waals surface area (Å²) in [6.07, 6.45) is 9.29. The van der Waals surface area contributed by atoms with E-state index in [9.17, 15) is 4.79 Å². The lowest BCUT2D eigenvalue weighted by molar-refractivity contribution is -0.109. The van der Waals surface area contributed by atoms with Crippen molar-refractivity contribution in [1.29, 1.82) is 0 Å². The largest absolute Gasteiger partial charge is 0.497 e. The molecular weight excluding hydrogens is 176 g/mol. The molecule has 0 fully saturated rings. The number of carbonyl (C=O) groups is 1. The minimum Gasteiger partial charge on any atom is -0.497 e. The van der Waals surface area contributed by atoms with Gasteiger partial charge >= 0.3 is 0 Å². The summed E-state index contributed by atoms with van der Waals surface area (Å²) in [5, 5.41) is 0. The Morgan fingerprint density at radius 2 is 2.43 bits per heavy atom. The van der Waals surface area contributed by atoms with Gasteiger partial charge in [0.2, 0.25) is 0 Å². The molecule has 0 aromatic rings. The second-order valence-electron chi connectivity index (χ2n) is 3.60. The van der Waals surface area contributed by atoms with Crippen LogP contribution in [0.5, 0.6) is 0 Å². The van der Waals surface area contributed by atoms with Crippen LogP contribution < -0.4 is 0 Å². The molecule has 1 aliphatic rings. The van der Waals surface area contributed by atoms with Crippen LogP contribution in [0.1, 0.15) is 32.6 Å². The molecule has 0 bridgehead atoms. The van der Waals surface area contributed by atoms with E-state index in [0.717, 1.165) is 24.9 Å². The lowest BCUT2D eigenvalue weighted by Crippen LogP contribution is -2.07. The molecule has 2 nitrogen and oxygen atoms in total. The smallest absolute Gasteiger partial charge is 0.127 e. The third kappa shape index (κ3) is 2.72. The summed E-state index contributed by atoms with van der Waals surface area (Å²) in [4.78, 5) is 10.6. The van der Waals surface area contributed by atoms with Crippen LogP contribution in [0, 0.1) is 5.92 Å². The summed E-state index contributed by atoms with van der Waals surface area (Å²) in [6.45, 7) is 2.17. The van der Waals surface area contributed by atoms with E-state index in [2.05, 4.69) is 13.0 Å². The molecule has 0 radical (unpaired) electrons. The van der Waals surface area contributed by atoms with Crippen molar-refractivity contribution in [3.05, 3.63) is 23.5 Å². The fourth-order valence-corrected chi connectivity index (χ4v) is 1.63. The van der Waals surface area contributed by atoms with Gasteiger partial charge in [-0.05, 0) is 30.9 Å². The molecule has 0 saturated heterocycles. The van der Waals surface area contributed by atoms with Crippen LogP contribution in [0.15, 0.2) is 23.5 Å². The van der Waals surface area contributed by atoms with Crippen LogP contribution in [0.25, 0.3) is 0 Å². The Kier molecular flexibility index (Phi) is 4.44. The molecule has 1 atom stereocenters. The van der Waals surface area contributed by atoms with Gasteiger partial charge in [0.15, 0.2) is 0 Å². The van der Waals surface area contributed by atoms with Crippen molar-refractivity contribution in [2.75, 3.05) is 7.11 Å². The summed E-state index contributed by atoms with van der Waals surface area (Å²) in [6, 6.07) is 0. The molecule has 0 spiro atoms. The highest BCUT2D eigenvalue weighted by Gasteiger charge is 2.14. The first kappa shape index (κ1) is 11.0. The van der Waals surface area contributed by atoms with Crippen LogP contribution in [0.3, 0.4) is 0 Å². The number of hydrogen-bond acceptors (Lipinski definition) is 2. The van der Waals surface area contributed by atoms with Crippen LogP contribution in [0.4, 0.5) is 0 Å². The number of allylic oxidation sites excluding steroid dienone is 3. The standard InChI is InChI=1S/C12H18O2/c1-3-4-5-11-7-6-10(9-13)8-12(11)14-2/h7-10H,3-6H2,1-2H3. The number of carbonyl (C=O) groups excluding carboxylic acids is 1.